The highest BCUT2D eigenvalue weighted by atomic mass is 16.5. The van der Waals surface area contributed by atoms with Crippen LogP contribution in [0.5, 0.6) is 5.75 Å². The molecule has 0 aliphatic rings. The van der Waals surface area contributed by atoms with Gasteiger partial charge in [0.05, 0.1) is 19.1 Å². The van der Waals surface area contributed by atoms with Crippen molar-refractivity contribution in [3.05, 3.63) is 29.8 Å². The van der Waals surface area contributed by atoms with Gasteiger partial charge in [0.25, 0.3) is 0 Å². The van der Waals surface area contributed by atoms with Crippen molar-refractivity contribution in [2.45, 2.75) is 26.2 Å². The van der Waals surface area contributed by atoms with E-state index in [4.69, 9.17) is 10.00 Å². The molecule has 0 N–H and O–H groups in total. The van der Waals surface area contributed by atoms with Gasteiger partial charge in [-0.2, -0.15) is 5.26 Å². The molecule has 0 saturated heterocycles. The van der Waals surface area contributed by atoms with E-state index in [1.165, 1.54) is 6.92 Å². The second kappa shape index (κ2) is 8.75. The number of benzene rings is 1. The Labute approximate surface area is 125 Å². The molecule has 1 aromatic rings. The summed E-state index contributed by atoms with van der Waals surface area (Å²) in [7, 11) is 1.69. The smallest absolute Gasteiger partial charge is 0.222 e. The van der Waals surface area contributed by atoms with E-state index in [2.05, 4.69) is 0 Å². The summed E-state index contributed by atoms with van der Waals surface area (Å²) < 4.78 is 5.53. The van der Waals surface area contributed by atoms with E-state index >= 15 is 0 Å². The Morgan fingerprint density at radius 3 is 2.81 bits per heavy atom. The van der Waals surface area contributed by atoms with Gasteiger partial charge in [0.15, 0.2) is 5.78 Å². The average Bonchev–Trinajstić information content (AvgIpc) is 2.49. The fourth-order valence-electron chi connectivity index (χ4n) is 1.75. The van der Waals surface area contributed by atoms with E-state index in [1.807, 2.05) is 6.07 Å². The number of hydrogen-bond acceptors (Lipinski definition) is 4. The maximum Gasteiger partial charge on any atom is 0.222 e. The van der Waals surface area contributed by atoms with Crippen molar-refractivity contribution in [1.29, 1.82) is 5.26 Å². The van der Waals surface area contributed by atoms with Gasteiger partial charge in [-0.1, -0.05) is 12.1 Å². The van der Waals surface area contributed by atoms with Crippen molar-refractivity contribution < 1.29 is 14.3 Å². The molecule has 0 heterocycles. The minimum atomic E-state index is -0.00487. The molecule has 1 rings (SSSR count). The van der Waals surface area contributed by atoms with Crippen LogP contribution in [-0.4, -0.2) is 36.8 Å². The fourth-order valence-corrected chi connectivity index (χ4v) is 1.75. The monoisotopic (exact) mass is 288 g/mol. The van der Waals surface area contributed by atoms with Crippen LogP contribution in [0.25, 0.3) is 0 Å². The molecule has 0 radical (unpaired) electrons. The number of amides is 1. The molecular formula is C16H20N2O3. The molecule has 0 aliphatic carbocycles. The Balaban J connectivity index is 2.31. The quantitative estimate of drug-likeness (QED) is 0.544. The van der Waals surface area contributed by atoms with Gasteiger partial charge < -0.3 is 9.64 Å². The van der Waals surface area contributed by atoms with Crippen LogP contribution in [0, 0.1) is 11.3 Å². The Kier molecular flexibility index (Phi) is 6.96. The summed E-state index contributed by atoms with van der Waals surface area (Å²) in [5.41, 5.74) is 0.611. The SMILES string of the molecule is CC(=O)c1cccc(OCCCC(=O)N(C)CCC#N)c1. The summed E-state index contributed by atoms with van der Waals surface area (Å²) in [5, 5.41) is 8.47. The van der Waals surface area contributed by atoms with E-state index in [-0.39, 0.29) is 11.7 Å². The van der Waals surface area contributed by atoms with Gasteiger partial charge in [-0.25, -0.2) is 0 Å². The van der Waals surface area contributed by atoms with Crippen molar-refractivity contribution in [2.24, 2.45) is 0 Å². The molecule has 0 aromatic heterocycles. The first-order chi connectivity index (χ1) is 10.0. The Morgan fingerprint density at radius 1 is 1.38 bits per heavy atom. The van der Waals surface area contributed by atoms with Crippen molar-refractivity contribution in [1.82, 2.24) is 4.90 Å². The van der Waals surface area contributed by atoms with Crippen LogP contribution in [0.4, 0.5) is 0 Å². The highest BCUT2D eigenvalue weighted by Crippen LogP contribution is 2.14. The van der Waals surface area contributed by atoms with Crippen molar-refractivity contribution >= 4 is 11.7 Å². The summed E-state index contributed by atoms with van der Waals surface area (Å²) in [4.78, 5) is 24.5. The number of rotatable bonds is 8. The molecule has 0 saturated carbocycles. The van der Waals surface area contributed by atoms with Crippen LogP contribution in [0.2, 0.25) is 0 Å². The number of Topliss-reactive ketones (excluding diaryl/α,β-unsaturated/α-hetero) is 1. The summed E-state index contributed by atoms with van der Waals surface area (Å²) in [5.74, 6) is 0.633. The number of ketones is 1. The molecule has 0 atom stereocenters. The molecule has 5 nitrogen and oxygen atoms in total. The van der Waals surface area contributed by atoms with Crippen LogP contribution in [-0.2, 0) is 4.79 Å². The van der Waals surface area contributed by atoms with E-state index in [0.717, 1.165) is 0 Å². The summed E-state index contributed by atoms with van der Waals surface area (Å²) in [6, 6.07) is 9.00. The number of nitrogens with zero attached hydrogens (tertiary/aromatic N) is 2. The molecule has 1 aromatic carbocycles. The molecule has 0 spiro atoms. The maximum absolute atomic E-state index is 11.7. The molecule has 0 aliphatic heterocycles. The lowest BCUT2D eigenvalue weighted by Gasteiger charge is -2.15. The van der Waals surface area contributed by atoms with Crippen LogP contribution in [0.15, 0.2) is 24.3 Å². The maximum atomic E-state index is 11.7. The lowest BCUT2D eigenvalue weighted by atomic mass is 10.1. The van der Waals surface area contributed by atoms with Gasteiger partial charge in [0, 0.05) is 25.6 Å². The van der Waals surface area contributed by atoms with Crippen molar-refractivity contribution in [3.63, 3.8) is 0 Å². The lowest BCUT2D eigenvalue weighted by molar-refractivity contribution is -0.130. The predicted molar refractivity (Wildman–Crippen MR) is 79.0 cm³/mol. The zero-order valence-corrected chi connectivity index (χ0v) is 12.5. The van der Waals surface area contributed by atoms with E-state index in [9.17, 15) is 9.59 Å². The molecule has 0 fully saturated rings. The topological polar surface area (TPSA) is 70.4 Å². The van der Waals surface area contributed by atoms with Crippen molar-refractivity contribution in [3.8, 4) is 11.8 Å². The van der Waals surface area contributed by atoms with Gasteiger partial charge in [0.2, 0.25) is 5.91 Å². The lowest BCUT2D eigenvalue weighted by Crippen LogP contribution is -2.27. The molecule has 5 heteroatoms. The number of carbonyl (C=O) groups is 2. The molecule has 0 unspecified atom stereocenters. The Morgan fingerprint density at radius 2 is 2.14 bits per heavy atom. The zero-order chi connectivity index (χ0) is 15.7. The first-order valence-electron chi connectivity index (χ1n) is 6.89. The number of carbonyl (C=O) groups excluding carboxylic acids is 2. The Bertz CT molecular complexity index is 535. The molecule has 0 bridgehead atoms. The van der Waals surface area contributed by atoms with Gasteiger partial charge >= 0.3 is 0 Å². The number of hydrogen-bond donors (Lipinski definition) is 0. The average molecular weight is 288 g/mol. The van der Waals surface area contributed by atoms with Gasteiger partial charge in [-0.05, 0) is 25.5 Å². The first-order valence-corrected chi connectivity index (χ1v) is 6.89. The fraction of sp³-hybridized carbons (Fsp3) is 0.438. The third-order valence-corrected chi connectivity index (χ3v) is 3.03. The Hall–Kier alpha value is -2.35. The highest BCUT2D eigenvalue weighted by molar-refractivity contribution is 5.94. The number of nitriles is 1. The summed E-state index contributed by atoms with van der Waals surface area (Å²) in [6.07, 6.45) is 1.32. The van der Waals surface area contributed by atoms with E-state index in [0.29, 0.717) is 43.7 Å². The predicted octanol–water partition coefficient (Wildman–Crippen LogP) is 2.42. The van der Waals surface area contributed by atoms with Crippen molar-refractivity contribution in [2.75, 3.05) is 20.2 Å². The zero-order valence-electron chi connectivity index (χ0n) is 12.5. The van der Waals surface area contributed by atoms with E-state index < -0.39 is 0 Å². The van der Waals surface area contributed by atoms with Gasteiger partial charge in [-0.3, -0.25) is 9.59 Å². The minimum absolute atomic E-state index is 0.00487. The summed E-state index contributed by atoms with van der Waals surface area (Å²) >= 11 is 0. The van der Waals surface area contributed by atoms with E-state index in [1.54, 1.807) is 36.2 Å². The first kappa shape index (κ1) is 16.7. The van der Waals surface area contributed by atoms with Crippen LogP contribution < -0.4 is 4.74 Å². The molecule has 112 valence electrons. The third kappa shape index (κ3) is 6.09. The largest absolute Gasteiger partial charge is 0.494 e. The second-order valence-electron chi connectivity index (χ2n) is 4.76. The third-order valence-electron chi connectivity index (χ3n) is 3.03. The van der Waals surface area contributed by atoms with Crippen LogP contribution >= 0.6 is 0 Å². The molecular weight excluding hydrogens is 268 g/mol. The van der Waals surface area contributed by atoms with Crippen LogP contribution in [0.1, 0.15) is 36.5 Å². The van der Waals surface area contributed by atoms with Gasteiger partial charge in [0.1, 0.15) is 5.75 Å². The summed E-state index contributed by atoms with van der Waals surface area (Å²) in [6.45, 7) is 2.38. The normalized spacial score (nSPS) is 9.76. The second-order valence-corrected chi connectivity index (χ2v) is 4.76. The standard InChI is InChI=1S/C16H20N2O3/c1-13(19)14-6-3-7-15(12-14)21-11-4-8-16(20)18(2)10-5-9-17/h3,6-7,12H,4-5,8,10-11H2,1-2H3. The highest BCUT2D eigenvalue weighted by Gasteiger charge is 2.08. The molecule has 21 heavy (non-hydrogen) atoms. The van der Waals surface area contributed by atoms with Gasteiger partial charge in [-0.15, -0.1) is 0 Å². The van der Waals surface area contributed by atoms with Crippen LogP contribution in [0.3, 0.4) is 0 Å². The minimum Gasteiger partial charge on any atom is -0.494 e. The molecule has 1 amide bonds. The number of ether oxygens (including phenoxy) is 1.